The van der Waals surface area contributed by atoms with Gasteiger partial charge in [-0.1, -0.05) is 26.7 Å². The van der Waals surface area contributed by atoms with E-state index < -0.39 is 0 Å². The molecule has 6 heteroatoms. The quantitative estimate of drug-likeness (QED) is 0.822. The van der Waals surface area contributed by atoms with Gasteiger partial charge in [0.2, 0.25) is 0 Å². The smallest absolute Gasteiger partial charge is 0.261 e. The highest BCUT2D eigenvalue weighted by molar-refractivity contribution is 7.20. The largest absolute Gasteiger partial charge is 0.350 e. The van der Waals surface area contributed by atoms with Crippen molar-refractivity contribution >= 4 is 27.5 Å². The molecule has 0 radical (unpaired) electrons. The van der Waals surface area contributed by atoms with E-state index in [4.69, 9.17) is 5.10 Å². The fourth-order valence-electron chi connectivity index (χ4n) is 3.14. The van der Waals surface area contributed by atoms with Crippen LogP contribution in [0, 0.1) is 6.92 Å². The Balaban J connectivity index is 0.00000192. The fourth-order valence-corrected chi connectivity index (χ4v) is 4.29. The van der Waals surface area contributed by atoms with Gasteiger partial charge in [-0.05, 0) is 32.9 Å². The summed E-state index contributed by atoms with van der Waals surface area (Å²) in [5.74, 6) is 0.0195. The lowest BCUT2D eigenvalue weighted by molar-refractivity contribution is 0.0958. The second-order valence-corrected chi connectivity index (χ2v) is 7.04. The third-order valence-corrected chi connectivity index (χ3v) is 5.50. The van der Waals surface area contributed by atoms with Gasteiger partial charge in [-0.3, -0.25) is 9.48 Å². The lowest BCUT2D eigenvalue weighted by Gasteiger charge is -2.22. The number of nitrogens with one attached hydrogen (secondary N) is 2. The Morgan fingerprint density at radius 2 is 2.09 bits per heavy atom. The van der Waals surface area contributed by atoms with E-state index in [1.54, 1.807) is 11.3 Å². The van der Waals surface area contributed by atoms with Crippen LogP contribution in [0.1, 0.15) is 60.9 Å². The maximum atomic E-state index is 12.2. The van der Waals surface area contributed by atoms with Crippen molar-refractivity contribution in [2.45, 2.75) is 52.5 Å². The van der Waals surface area contributed by atoms with Crippen LogP contribution in [0.4, 0.5) is 0 Å². The van der Waals surface area contributed by atoms with E-state index in [1.165, 1.54) is 32.1 Å². The predicted octanol–water partition coefficient (Wildman–Crippen LogP) is 3.50. The van der Waals surface area contributed by atoms with Crippen LogP contribution >= 0.6 is 11.3 Å². The fraction of sp³-hybridized carbons (Fsp3) is 0.647. The molecule has 3 rings (SSSR count). The molecule has 23 heavy (non-hydrogen) atoms. The standard InChI is InChI=1S/C16H24N4OS.CH4/c1-11-13-10-14(15(21)18-9-8-17-2)22-16(13)20(19-11)12-6-4-3-5-7-12;/h10,12,17H,3-9H2,1-2H3,(H,18,21);1H4. The molecule has 0 aliphatic heterocycles. The Labute approximate surface area is 142 Å². The molecule has 0 unspecified atom stereocenters. The molecule has 0 aromatic carbocycles. The van der Waals surface area contributed by atoms with Gasteiger partial charge in [0.1, 0.15) is 4.83 Å². The zero-order chi connectivity index (χ0) is 15.5. The summed E-state index contributed by atoms with van der Waals surface area (Å²) in [6, 6.07) is 2.50. The van der Waals surface area contributed by atoms with E-state index >= 15 is 0 Å². The summed E-state index contributed by atoms with van der Waals surface area (Å²) in [5.41, 5.74) is 1.03. The number of rotatable bonds is 5. The average Bonchev–Trinajstić information content (AvgIpc) is 3.09. The van der Waals surface area contributed by atoms with Gasteiger partial charge in [-0.2, -0.15) is 5.10 Å². The van der Waals surface area contributed by atoms with Crippen LogP contribution in [0.5, 0.6) is 0 Å². The van der Waals surface area contributed by atoms with Crippen LogP contribution in [0.2, 0.25) is 0 Å². The van der Waals surface area contributed by atoms with Crippen molar-refractivity contribution in [3.63, 3.8) is 0 Å². The van der Waals surface area contributed by atoms with Crippen molar-refractivity contribution in [3.8, 4) is 0 Å². The van der Waals surface area contributed by atoms with Gasteiger partial charge in [-0.25, -0.2) is 0 Å². The number of aryl methyl sites for hydroxylation is 1. The highest BCUT2D eigenvalue weighted by atomic mass is 32.1. The number of amides is 1. The van der Waals surface area contributed by atoms with Gasteiger partial charge < -0.3 is 10.6 Å². The third-order valence-electron chi connectivity index (χ3n) is 4.37. The summed E-state index contributed by atoms with van der Waals surface area (Å²) in [6.45, 7) is 3.47. The Bertz CT molecular complexity index is 655. The van der Waals surface area contributed by atoms with Crippen LogP contribution in [0.3, 0.4) is 0 Å². The van der Waals surface area contributed by atoms with Gasteiger partial charge in [0.25, 0.3) is 5.91 Å². The molecule has 0 atom stereocenters. The lowest BCUT2D eigenvalue weighted by atomic mass is 9.96. The number of likely N-dealkylation sites (N-methyl/N-ethyl adjacent to an activating group) is 1. The summed E-state index contributed by atoms with van der Waals surface area (Å²) in [5, 5.41) is 11.8. The Kier molecular flexibility index (Phi) is 6.18. The zero-order valence-corrected chi connectivity index (χ0v) is 14.1. The Morgan fingerprint density at radius 1 is 1.35 bits per heavy atom. The van der Waals surface area contributed by atoms with Crippen LogP contribution in [0.25, 0.3) is 10.2 Å². The molecule has 2 N–H and O–H groups in total. The third kappa shape index (κ3) is 3.75. The molecule has 1 aliphatic rings. The molecule has 0 saturated heterocycles. The van der Waals surface area contributed by atoms with Gasteiger partial charge in [0.05, 0.1) is 16.6 Å². The highest BCUT2D eigenvalue weighted by Gasteiger charge is 2.22. The number of thiophene rings is 1. The summed E-state index contributed by atoms with van der Waals surface area (Å²) < 4.78 is 2.18. The first kappa shape index (κ1) is 17.9. The number of hydrogen-bond donors (Lipinski definition) is 2. The first-order valence-corrected chi connectivity index (χ1v) is 8.94. The molecule has 5 nitrogen and oxygen atoms in total. The van der Waals surface area contributed by atoms with E-state index in [1.807, 2.05) is 20.0 Å². The minimum absolute atomic E-state index is 0. The molecule has 128 valence electrons. The molecule has 2 aromatic heterocycles. The van der Waals surface area contributed by atoms with E-state index in [2.05, 4.69) is 15.3 Å². The van der Waals surface area contributed by atoms with Crippen LogP contribution in [0.15, 0.2) is 6.07 Å². The van der Waals surface area contributed by atoms with Gasteiger partial charge in [-0.15, -0.1) is 11.3 Å². The summed E-state index contributed by atoms with van der Waals surface area (Å²) >= 11 is 1.57. The molecule has 1 amide bonds. The minimum atomic E-state index is 0. The topological polar surface area (TPSA) is 58.9 Å². The maximum Gasteiger partial charge on any atom is 0.261 e. The SMILES string of the molecule is C.CNCCNC(=O)c1cc2c(C)nn(C3CCCCC3)c2s1. The van der Waals surface area contributed by atoms with Gasteiger partial charge >= 0.3 is 0 Å². The molecule has 1 aliphatic carbocycles. The van der Waals surface area contributed by atoms with Crippen molar-refractivity contribution in [2.24, 2.45) is 0 Å². The Hall–Kier alpha value is -1.40. The zero-order valence-electron chi connectivity index (χ0n) is 13.3. The number of carbonyl (C=O) groups is 1. The van der Waals surface area contributed by atoms with Crippen LogP contribution in [-0.2, 0) is 0 Å². The summed E-state index contributed by atoms with van der Waals surface area (Å²) in [7, 11) is 1.88. The van der Waals surface area contributed by atoms with E-state index in [0.717, 1.165) is 27.3 Å². The first-order valence-electron chi connectivity index (χ1n) is 8.12. The Morgan fingerprint density at radius 3 is 2.78 bits per heavy atom. The molecule has 0 bridgehead atoms. The summed E-state index contributed by atoms with van der Waals surface area (Å²) in [4.78, 5) is 14.2. The highest BCUT2D eigenvalue weighted by Crippen LogP contribution is 2.35. The van der Waals surface area contributed by atoms with Gasteiger partial charge in [0, 0.05) is 18.5 Å². The van der Waals surface area contributed by atoms with Crippen molar-refractivity contribution in [3.05, 3.63) is 16.6 Å². The molecular formula is C17H28N4OS. The number of carbonyl (C=O) groups excluding carboxylic acids is 1. The van der Waals surface area contributed by atoms with Crippen LogP contribution < -0.4 is 10.6 Å². The first-order chi connectivity index (χ1) is 10.7. The van der Waals surface area contributed by atoms with E-state index in [9.17, 15) is 4.79 Å². The number of nitrogens with zero attached hydrogens (tertiary/aromatic N) is 2. The van der Waals surface area contributed by atoms with E-state index in [0.29, 0.717) is 12.6 Å². The van der Waals surface area contributed by atoms with Crippen LogP contribution in [-0.4, -0.2) is 35.8 Å². The molecule has 1 saturated carbocycles. The maximum absolute atomic E-state index is 12.2. The second kappa shape index (κ2) is 7.93. The van der Waals surface area contributed by atoms with Gasteiger partial charge in [0.15, 0.2) is 0 Å². The van der Waals surface area contributed by atoms with Crippen molar-refractivity contribution in [1.29, 1.82) is 0 Å². The monoisotopic (exact) mass is 336 g/mol. The molecule has 0 spiro atoms. The van der Waals surface area contributed by atoms with E-state index in [-0.39, 0.29) is 13.3 Å². The number of fused-ring (bicyclic) bond motifs is 1. The molecule has 2 heterocycles. The molecule has 2 aromatic rings. The van der Waals surface area contributed by atoms with Crippen molar-refractivity contribution in [2.75, 3.05) is 20.1 Å². The minimum Gasteiger partial charge on any atom is -0.350 e. The molecular weight excluding hydrogens is 308 g/mol. The number of hydrogen-bond acceptors (Lipinski definition) is 4. The van der Waals surface area contributed by atoms with Crippen molar-refractivity contribution < 1.29 is 4.79 Å². The molecule has 1 fully saturated rings. The predicted molar refractivity (Wildman–Crippen MR) is 97.5 cm³/mol. The number of aromatic nitrogens is 2. The lowest BCUT2D eigenvalue weighted by Crippen LogP contribution is -2.29. The second-order valence-electron chi connectivity index (χ2n) is 6.01. The summed E-state index contributed by atoms with van der Waals surface area (Å²) in [6.07, 6.45) is 6.32. The average molecular weight is 337 g/mol. The normalized spacial score (nSPS) is 15.6. The van der Waals surface area contributed by atoms with Crippen molar-refractivity contribution in [1.82, 2.24) is 20.4 Å².